The van der Waals surface area contributed by atoms with Crippen molar-refractivity contribution in [2.75, 3.05) is 5.43 Å². The van der Waals surface area contributed by atoms with Crippen LogP contribution >= 0.6 is 0 Å². The molecule has 8 nitrogen and oxygen atoms in total. The third kappa shape index (κ3) is 4.40. The van der Waals surface area contributed by atoms with Crippen LogP contribution in [0.4, 0.5) is 10.1 Å². The molecule has 0 saturated heterocycles. The second-order valence-corrected chi connectivity index (χ2v) is 7.12. The van der Waals surface area contributed by atoms with Crippen LogP contribution in [0.5, 0.6) is 0 Å². The monoisotopic (exact) mass is 405 g/mol. The van der Waals surface area contributed by atoms with Crippen molar-refractivity contribution in [3.05, 3.63) is 66.4 Å². The molecule has 0 aliphatic heterocycles. The van der Waals surface area contributed by atoms with Gasteiger partial charge in [-0.2, -0.15) is 10.2 Å². The molecule has 2 heterocycles. The highest BCUT2D eigenvalue weighted by Gasteiger charge is 2.45. The number of nitrogens with zero attached hydrogens (tertiary/aromatic N) is 4. The first kappa shape index (κ1) is 19.4. The number of para-hydroxylation sites is 1. The molecule has 9 heteroatoms. The molecule has 0 spiro atoms. The van der Waals surface area contributed by atoms with E-state index in [0.29, 0.717) is 23.5 Å². The Hall–Kier alpha value is -3.88. The first-order chi connectivity index (χ1) is 14.6. The Morgan fingerprint density at radius 2 is 2.10 bits per heavy atom. The van der Waals surface area contributed by atoms with E-state index in [1.807, 2.05) is 6.20 Å². The first-order valence-electron chi connectivity index (χ1n) is 9.43. The zero-order valence-electron chi connectivity index (χ0n) is 16.0. The van der Waals surface area contributed by atoms with E-state index in [-0.39, 0.29) is 17.3 Å². The van der Waals surface area contributed by atoms with Gasteiger partial charge in [0.1, 0.15) is 5.82 Å². The van der Waals surface area contributed by atoms with E-state index in [4.69, 9.17) is 5.41 Å². The fourth-order valence-electron chi connectivity index (χ4n) is 3.14. The van der Waals surface area contributed by atoms with Gasteiger partial charge in [-0.1, -0.05) is 12.1 Å². The maximum Gasteiger partial charge on any atom is 0.253 e. The number of benzene rings is 1. The van der Waals surface area contributed by atoms with Gasteiger partial charge in [0.25, 0.3) is 5.91 Å². The molecule has 152 valence electrons. The fourth-order valence-corrected chi connectivity index (χ4v) is 3.14. The van der Waals surface area contributed by atoms with E-state index >= 15 is 0 Å². The largest absolute Gasteiger partial charge is 0.345 e. The minimum atomic E-state index is -0.385. The molecule has 2 aromatic heterocycles. The Kier molecular flexibility index (Phi) is 5.34. The maximum atomic E-state index is 13.1. The third-order valence-electron chi connectivity index (χ3n) is 4.86. The number of pyridine rings is 1. The van der Waals surface area contributed by atoms with E-state index in [1.165, 1.54) is 18.5 Å². The second kappa shape index (κ2) is 8.24. The van der Waals surface area contributed by atoms with Crippen LogP contribution in [0.2, 0.25) is 0 Å². The summed E-state index contributed by atoms with van der Waals surface area (Å²) in [7, 11) is 0. The summed E-state index contributed by atoms with van der Waals surface area (Å²) >= 11 is 0. The van der Waals surface area contributed by atoms with Crippen LogP contribution in [0.3, 0.4) is 0 Å². The van der Waals surface area contributed by atoms with Crippen LogP contribution in [-0.4, -0.2) is 38.6 Å². The highest BCUT2D eigenvalue weighted by molar-refractivity contribution is 6.14. The zero-order chi connectivity index (χ0) is 21.0. The van der Waals surface area contributed by atoms with Gasteiger partial charge in [0.05, 0.1) is 47.6 Å². The summed E-state index contributed by atoms with van der Waals surface area (Å²) in [5.74, 6) is -0.586. The van der Waals surface area contributed by atoms with Gasteiger partial charge in [-0.25, -0.2) is 4.39 Å². The molecule has 1 aliphatic carbocycles. The smallest absolute Gasteiger partial charge is 0.253 e. The first-order valence-corrected chi connectivity index (χ1v) is 9.43. The molecular formula is C21H20FN7O. The Bertz CT molecular complexity index is 1090. The van der Waals surface area contributed by atoms with Crippen LogP contribution in [0.25, 0.3) is 11.3 Å². The SMILES string of the molecule is N=C/C=N\Nc1ccccc1C(=O)NC1(Cn2cc(-c3ccc(F)cn3)cn2)CC1. The molecule has 4 rings (SSSR count). The van der Waals surface area contributed by atoms with Gasteiger partial charge in [0, 0.05) is 18.0 Å². The van der Waals surface area contributed by atoms with Crippen LogP contribution in [0, 0.1) is 11.2 Å². The van der Waals surface area contributed by atoms with Gasteiger partial charge in [-0.05, 0) is 37.1 Å². The zero-order valence-corrected chi connectivity index (χ0v) is 16.0. The number of halogens is 1. The molecule has 3 N–H and O–H groups in total. The number of carbonyl (C=O) groups excluding carboxylic acids is 1. The molecule has 3 aromatic rings. The number of carbonyl (C=O) groups is 1. The Morgan fingerprint density at radius 1 is 1.27 bits per heavy atom. The second-order valence-electron chi connectivity index (χ2n) is 7.12. The van der Waals surface area contributed by atoms with Crippen molar-refractivity contribution < 1.29 is 9.18 Å². The highest BCUT2D eigenvalue weighted by Crippen LogP contribution is 2.37. The van der Waals surface area contributed by atoms with Gasteiger partial charge in [-0.3, -0.25) is 19.9 Å². The van der Waals surface area contributed by atoms with E-state index in [9.17, 15) is 9.18 Å². The quantitative estimate of drug-likeness (QED) is 0.395. The molecule has 1 amide bonds. The standard InChI is InChI=1S/C21H20FN7O/c22-16-5-6-18(24-12-16)15-11-26-29(13-15)14-21(7-8-21)27-20(30)17-3-1-2-4-19(17)28-25-10-9-23/h1-6,9-13,23,28H,7-8,14H2,(H,27,30)/b23-9?,25-10-. The van der Waals surface area contributed by atoms with Crippen LogP contribution < -0.4 is 10.7 Å². The molecule has 1 aromatic carbocycles. The summed E-state index contributed by atoms with van der Waals surface area (Å²) in [5.41, 5.74) is 4.89. The van der Waals surface area contributed by atoms with Crippen molar-refractivity contribution in [2.45, 2.75) is 24.9 Å². The summed E-state index contributed by atoms with van der Waals surface area (Å²) in [5, 5.41) is 18.3. The molecular weight excluding hydrogens is 385 g/mol. The molecule has 0 radical (unpaired) electrons. The van der Waals surface area contributed by atoms with Crippen molar-refractivity contribution >= 4 is 24.0 Å². The number of nitrogens with one attached hydrogen (secondary N) is 3. The Balaban J connectivity index is 1.45. The van der Waals surface area contributed by atoms with Crippen molar-refractivity contribution in [3.8, 4) is 11.3 Å². The van der Waals surface area contributed by atoms with Gasteiger partial charge in [0.15, 0.2) is 0 Å². The van der Waals surface area contributed by atoms with Gasteiger partial charge < -0.3 is 10.7 Å². The number of aromatic nitrogens is 3. The van der Waals surface area contributed by atoms with E-state index in [0.717, 1.165) is 24.6 Å². The highest BCUT2D eigenvalue weighted by atomic mass is 19.1. The summed E-state index contributed by atoms with van der Waals surface area (Å²) in [6.07, 6.45) is 8.74. The van der Waals surface area contributed by atoms with E-state index < -0.39 is 0 Å². The summed E-state index contributed by atoms with van der Waals surface area (Å²) in [4.78, 5) is 17.0. The Labute approximate surface area is 172 Å². The lowest BCUT2D eigenvalue weighted by Crippen LogP contribution is -2.40. The number of hydrogen-bond donors (Lipinski definition) is 3. The predicted molar refractivity (Wildman–Crippen MR) is 112 cm³/mol. The van der Waals surface area contributed by atoms with Gasteiger partial charge >= 0.3 is 0 Å². The van der Waals surface area contributed by atoms with Crippen molar-refractivity contribution in [3.63, 3.8) is 0 Å². The van der Waals surface area contributed by atoms with Crippen LogP contribution in [-0.2, 0) is 6.54 Å². The number of anilines is 1. The van der Waals surface area contributed by atoms with Gasteiger partial charge in [0.2, 0.25) is 0 Å². The molecule has 0 atom stereocenters. The third-order valence-corrected chi connectivity index (χ3v) is 4.86. The Morgan fingerprint density at radius 3 is 2.83 bits per heavy atom. The molecule has 1 aliphatic rings. The lowest BCUT2D eigenvalue weighted by Gasteiger charge is -2.18. The van der Waals surface area contributed by atoms with E-state index in [1.54, 1.807) is 41.2 Å². The average molecular weight is 405 g/mol. The minimum Gasteiger partial charge on any atom is -0.345 e. The maximum absolute atomic E-state index is 13.1. The predicted octanol–water partition coefficient (Wildman–Crippen LogP) is 3.09. The molecule has 0 unspecified atom stereocenters. The number of hydrogen-bond acceptors (Lipinski definition) is 6. The lowest BCUT2D eigenvalue weighted by atomic mass is 10.1. The molecule has 0 bridgehead atoms. The average Bonchev–Trinajstić information content (AvgIpc) is 3.34. The molecule has 1 saturated carbocycles. The topological polar surface area (TPSA) is 108 Å². The normalized spacial score (nSPS) is 14.4. The minimum absolute atomic E-state index is 0.201. The van der Waals surface area contributed by atoms with Crippen LogP contribution in [0.1, 0.15) is 23.2 Å². The molecule has 1 fully saturated rings. The number of hydrazone groups is 1. The number of rotatable bonds is 8. The van der Waals surface area contributed by atoms with E-state index in [2.05, 4.69) is 25.9 Å². The summed E-state index contributed by atoms with van der Waals surface area (Å²) in [6, 6.07) is 10.0. The lowest BCUT2D eigenvalue weighted by molar-refractivity contribution is 0.0926. The molecule has 30 heavy (non-hydrogen) atoms. The van der Waals surface area contributed by atoms with Crippen LogP contribution in [0.15, 0.2) is 60.1 Å². The summed E-state index contributed by atoms with van der Waals surface area (Å²) < 4.78 is 14.8. The summed E-state index contributed by atoms with van der Waals surface area (Å²) in [6.45, 7) is 0.529. The number of amides is 1. The van der Waals surface area contributed by atoms with Gasteiger partial charge in [-0.15, -0.1) is 0 Å². The van der Waals surface area contributed by atoms with Crippen molar-refractivity contribution in [2.24, 2.45) is 5.10 Å². The fraction of sp³-hybridized carbons (Fsp3) is 0.190. The van der Waals surface area contributed by atoms with Crippen molar-refractivity contribution in [1.29, 1.82) is 5.41 Å². The van der Waals surface area contributed by atoms with Crippen molar-refractivity contribution in [1.82, 2.24) is 20.1 Å².